The Labute approximate surface area is 280 Å². The fourth-order valence-electron chi connectivity index (χ4n) is 8.70. The van der Waals surface area contributed by atoms with Gasteiger partial charge in [-0.15, -0.1) is 12.4 Å². The number of rotatable bonds is 6. The Kier molecular flexibility index (Phi) is 12.9. The molecule has 6 saturated heterocycles. The fourth-order valence-corrected chi connectivity index (χ4v) is 8.70. The number of piperidine rings is 3. The van der Waals surface area contributed by atoms with Gasteiger partial charge >= 0.3 is 0 Å². The van der Waals surface area contributed by atoms with Crippen molar-refractivity contribution < 1.29 is 23.4 Å². The lowest BCUT2D eigenvalue weighted by atomic mass is 10.0. The minimum atomic E-state index is -0.184. The summed E-state index contributed by atoms with van der Waals surface area (Å²) in [7, 11) is 4.42. The average Bonchev–Trinajstić information content (AvgIpc) is 3.52. The van der Waals surface area contributed by atoms with Gasteiger partial charge in [-0.2, -0.15) is 0 Å². The topological polar surface area (TPSA) is 57.2 Å². The second kappa shape index (κ2) is 16.6. The minimum Gasteiger partial charge on any atom is -0.393 e. The third kappa shape index (κ3) is 9.49. The maximum absolute atomic E-state index is 13.1. The molecule has 0 aliphatic carbocycles. The first-order chi connectivity index (χ1) is 21.8. The summed E-state index contributed by atoms with van der Waals surface area (Å²) in [6, 6.07) is 17.4. The van der Waals surface area contributed by atoms with Crippen LogP contribution in [0.3, 0.4) is 0 Å². The van der Waals surface area contributed by atoms with E-state index in [2.05, 4.69) is 29.2 Å². The zero-order valence-electron chi connectivity index (χ0n) is 27.5. The molecule has 0 aromatic heterocycles. The van der Waals surface area contributed by atoms with Gasteiger partial charge < -0.3 is 29.7 Å². The summed E-state index contributed by atoms with van der Waals surface area (Å²) >= 11 is 0. The molecule has 0 radical (unpaired) electrons. The van der Waals surface area contributed by atoms with Crippen LogP contribution in [0.1, 0.15) is 88.2 Å². The van der Waals surface area contributed by atoms with Crippen LogP contribution >= 0.6 is 12.4 Å². The zero-order chi connectivity index (χ0) is 31.3. The third-order valence-corrected chi connectivity index (χ3v) is 11.3. The first kappa shape index (κ1) is 35.7. The molecule has 6 bridgehead atoms. The predicted octanol–water partition coefficient (Wildman–Crippen LogP) is 6.62. The van der Waals surface area contributed by atoms with Crippen LogP contribution in [-0.4, -0.2) is 83.6 Å². The molecule has 6 heterocycles. The maximum atomic E-state index is 13.1. The highest BCUT2D eigenvalue weighted by Gasteiger charge is 2.39. The summed E-state index contributed by atoms with van der Waals surface area (Å²) in [5.74, 6) is -0.365. The first-order valence-corrected chi connectivity index (χ1v) is 17.4. The van der Waals surface area contributed by atoms with Gasteiger partial charge in [0.05, 0.1) is 31.5 Å². The molecule has 0 spiro atoms. The Morgan fingerprint density at radius 3 is 1.50 bits per heavy atom. The second-order valence-electron chi connectivity index (χ2n) is 14.4. The van der Waals surface area contributed by atoms with Crippen LogP contribution in [0.25, 0.3) is 0 Å². The van der Waals surface area contributed by atoms with Gasteiger partial charge in [-0.1, -0.05) is 24.3 Å². The Hall–Kier alpha value is -1.65. The molecule has 6 aliphatic heterocycles. The van der Waals surface area contributed by atoms with E-state index < -0.39 is 0 Å². The number of aliphatic hydroxyl groups excluding tert-OH is 1. The Morgan fingerprint density at radius 2 is 1.07 bits per heavy atom. The van der Waals surface area contributed by atoms with Gasteiger partial charge in [0.2, 0.25) is 0 Å². The number of benzene rings is 2. The van der Waals surface area contributed by atoms with E-state index >= 15 is 0 Å². The summed E-state index contributed by atoms with van der Waals surface area (Å²) in [5.41, 5.74) is 1.86. The Morgan fingerprint density at radius 1 is 0.652 bits per heavy atom. The summed E-state index contributed by atoms with van der Waals surface area (Å²) in [5, 5.41) is 13.0. The molecular formula is C37H54ClF2N3O3. The van der Waals surface area contributed by atoms with E-state index in [4.69, 9.17) is 9.47 Å². The monoisotopic (exact) mass is 661 g/mol. The number of fused-ring (bicyclic) bond motifs is 6. The normalized spacial score (nSPS) is 34.6. The maximum Gasteiger partial charge on any atom is 0.123 e. The molecule has 6 unspecified atom stereocenters. The molecule has 2 aromatic carbocycles. The number of aliphatic hydroxyl groups is 1. The quantitative estimate of drug-likeness (QED) is 0.363. The molecule has 46 heavy (non-hydrogen) atoms. The standard InChI is InChI=1S/C15H20FNO.C14H18FNO.C8H15NO.ClH/c1-17-13-5-6-14(17)9-15(8-13)18-10-11-3-2-4-12(16)7-11;15-11-3-1-2-10(6-11)9-17-14-7-12-4-5-13(8-14)16-12;1-9-6-2-3-7(9)5-8(10)4-6;/h2-4,7,13-15H,5-6,8-10H2,1H3;1-3,6,12-14,16H,4-5,7-9H2;6-8,10H,2-5H2,1H3;1H. The number of nitrogens with zero attached hydrogens (tertiary/aromatic N) is 2. The van der Waals surface area contributed by atoms with Crippen LogP contribution in [0.15, 0.2) is 48.5 Å². The van der Waals surface area contributed by atoms with E-state index in [-0.39, 0.29) is 30.1 Å². The smallest absolute Gasteiger partial charge is 0.123 e. The van der Waals surface area contributed by atoms with Crippen LogP contribution in [0, 0.1) is 11.6 Å². The predicted molar refractivity (Wildman–Crippen MR) is 180 cm³/mol. The SMILES string of the molecule is CN1C2CCC1CC(O)C2.CN1C2CCC1CC(OCc1cccc(F)c1)C2.Cl.Fc1cccc(COC2CC3CCC(C2)N3)c1. The van der Waals surface area contributed by atoms with Gasteiger partial charge in [0.1, 0.15) is 11.6 Å². The zero-order valence-corrected chi connectivity index (χ0v) is 28.4. The molecule has 6 fully saturated rings. The number of hydrogen-bond acceptors (Lipinski definition) is 6. The van der Waals surface area contributed by atoms with Gasteiger partial charge in [0.25, 0.3) is 0 Å². The fraction of sp³-hybridized carbons (Fsp3) is 0.676. The number of nitrogens with one attached hydrogen (secondary N) is 1. The van der Waals surface area contributed by atoms with Crippen molar-refractivity contribution in [3.63, 3.8) is 0 Å². The number of ether oxygens (including phenoxy) is 2. The van der Waals surface area contributed by atoms with Crippen LogP contribution in [0.5, 0.6) is 0 Å². The van der Waals surface area contributed by atoms with Gasteiger partial charge in [-0.05, 0) is 127 Å². The van der Waals surface area contributed by atoms with E-state index in [0.717, 1.165) is 49.7 Å². The van der Waals surface area contributed by atoms with Crippen molar-refractivity contribution in [2.45, 2.75) is 145 Å². The lowest BCUT2D eigenvalue weighted by Crippen LogP contribution is -2.42. The molecule has 2 aromatic rings. The van der Waals surface area contributed by atoms with E-state index in [9.17, 15) is 13.9 Å². The van der Waals surface area contributed by atoms with Crippen LogP contribution in [0.2, 0.25) is 0 Å². The van der Waals surface area contributed by atoms with Crippen molar-refractivity contribution in [1.82, 2.24) is 15.1 Å². The lowest BCUT2D eigenvalue weighted by Gasteiger charge is -2.36. The summed E-state index contributed by atoms with van der Waals surface area (Å²) in [4.78, 5) is 4.94. The van der Waals surface area contributed by atoms with Crippen LogP contribution < -0.4 is 5.32 Å². The van der Waals surface area contributed by atoms with Gasteiger partial charge in [-0.25, -0.2) is 8.78 Å². The highest BCUT2D eigenvalue weighted by atomic mass is 35.5. The molecule has 9 heteroatoms. The van der Waals surface area contributed by atoms with Crippen molar-refractivity contribution in [3.8, 4) is 0 Å². The number of hydrogen-bond donors (Lipinski definition) is 2. The molecule has 0 saturated carbocycles. The molecule has 256 valence electrons. The first-order valence-electron chi connectivity index (χ1n) is 17.4. The third-order valence-electron chi connectivity index (χ3n) is 11.3. The van der Waals surface area contributed by atoms with E-state index in [1.807, 2.05) is 12.1 Å². The Bertz CT molecular complexity index is 1200. The molecule has 8 rings (SSSR count). The van der Waals surface area contributed by atoms with Crippen molar-refractivity contribution in [1.29, 1.82) is 0 Å². The van der Waals surface area contributed by atoms with Gasteiger partial charge in [0, 0.05) is 36.3 Å². The molecule has 6 aliphatic rings. The molecule has 2 N–H and O–H groups in total. The van der Waals surface area contributed by atoms with E-state index in [1.165, 1.54) is 50.7 Å². The van der Waals surface area contributed by atoms with Gasteiger partial charge in [0.15, 0.2) is 0 Å². The largest absolute Gasteiger partial charge is 0.393 e. The van der Waals surface area contributed by atoms with E-state index in [0.29, 0.717) is 61.7 Å². The molecule has 6 atom stereocenters. The van der Waals surface area contributed by atoms with Crippen molar-refractivity contribution >= 4 is 12.4 Å². The average molecular weight is 662 g/mol. The van der Waals surface area contributed by atoms with Crippen molar-refractivity contribution in [2.24, 2.45) is 0 Å². The minimum absolute atomic E-state index is 0. The summed E-state index contributed by atoms with van der Waals surface area (Å²) < 4.78 is 37.9. The Balaban J connectivity index is 0.000000140. The molecule has 0 amide bonds. The highest BCUT2D eigenvalue weighted by Crippen LogP contribution is 2.36. The van der Waals surface area contributed by atoms with Crippen molar-refractivity contribution in [2.75, 3.05) is 14.1 Å². The van der Waals surface area contributed by atoms with Crippen molar-refractivity contribution in [3.05, 3.63) is 71.3 Å². The second-order valence-corrected chi connectivity index (χ2v) is 14.4. The number of halogens is 3. The lowest BCUT2D eigenvalue weighted by molar-refractivity contribution is -0.0212. The molecular weight excluding hydrogens is 608 g/mol. The summed E-state index contributed by atoms with van der Waals surface area (Å²) in [6.45, 7) is 1.06. The van der Waals surface area contributed by atoms with Gasteiger partial charge in [-0.3, -0.25) is 0 Å². The van der Waals surface area contributed by atoms with E-state index in [1.54, 1.807) is 24.3 Å². The van der Waals surface area contributed by atoms with Crippen LogP contribution in [0.4, 0.5) is 8.78 Å². The highest BCUT2D eigenvalue weighted by molar-refractivity contribution is 5.85. The molecule has 6 nitrogen and oxygen atoms in total. The summed E-state index contributed by atoms with van der Waals surface area (Å²) in [6.07, 6.45) is 14.9. The van der Waals surface area contributed by atoms with Crippen LogP contribution in [-0.2, 0) is 22.7 Å².